The maximum absolute atomic E-state index is 12.4. The van der Waals surface area contributed by atoms with Crippen LogP contribution in [0, 0.1) is 0 Å². The lowest BCUT2D eigenvalue weighted by Crippen LogP contribution is -2.49. The molecule has 0 aliphatic carbocycles. The van der Waals surface area contributed by atoms with Gasteiger partial charge in [0.2, 0.25) is 0 Å². The maximum atomic E-state index is 12.4. The number of benzene rings is 1. The first-order valence-electron chi connectivity index (χ1n) is 9.86. The summed E-state index contributed by atoms with van der Waals surface area (Å²) in [5.41, 5.74) is 1.00. The van der Waals surface area contributed by atoms with Gasteiger partial charge in [0.1, 0.15) is 0 Å². The van der Waals surface area contributed by atoms with E-state index in [4.69, 9.17) is 4.74 Å². The highest BCUT2D eigenvalue weighted by Crippen LogP contribution is 2.09. The summed E-state index contributed by atoms with van der Waals surface area (Å²) in [7, 11) is 0. The number of piperazine rings is 1. The summed E-state index contributed by atoms with van der Waals surface area (Å²) < 4.78 is 6.34. The minimum Gasteiger partial charge on any atom is -0.451 e. The monoisotopic (exact) mass is 398 g/mol. The molecule has 0 atom stereocenters. The van der Waals surface area contributed by atoms with Crippen LogP contribution in [0.5, 0.6) is 0 Å². The molecule has 0 radical (unpaired) electrons. The van der Waals surface area contributed by atoms with E-state index >= 15 is 0 Å². The predicted molar refractivity (Wildman–Crippen MR) is 107 cm³/mol. The normalized spacial score (nSPS) is 14.6. The van der Waals surface area contributed by atoms with Crippen LogP contribution in [0.15, 0.2) is 47.3 Å². The quantitative estimate of drug-likeness (QED) is 0.651. The zero-order chi connectivity index (χ0) is 20.6. The second kappa shape index (κ2) is 9.97. The number of rotatable bonds is 7. The van der Waals surface area contributed by atoms with Crippen LogP contribution >= 0.6 is 0 Å². The standard InChI is InChI=1S/C21H26N4O4/c1-2-10-25-19(26)9-8-18(22-25)21(28)29-16-20(27)24-13-11-23(12-14-24)15-17-6-4-3-5-7-17/h3-9H,2,10-16H2,1H3. The number of hydrogen-bond acceptors (Lipinski definition) is 6. The van der Waals surface area contributed by atoms with Gasteiger partial charge in [0, 0.05) is 45.3 Å². The molecule has 1 fully saturated rings. The summed E-state index contributed by atoms with van der Waals surface area (Å²) in [6.07, 6.45) is 0.722. The van der Waals surface area contributed by atoms with Crippen LogP contribution in [0.2, 0.25) is 0 Å². The van der Waals surface area contributed by atoms with Gasteiger partial charge in [-0.2, -0.15) is 5.10 Å². The molecular weight excluding hydrogens is 372 g/mol. The topological polar surface area (TPSA) is 84.7 Å². The Kier molecular flexibility index (Phi) is 7.13. The van der Waals surface area contributed by atoms with E-state index in [0.29, 0.717) is 19.6 Å². The summed E-state index contributed by atoms with van der Waals surface area (Å²) in [5.74, 6) is -0.925. The third kappa shape index (κ3) is 5.74. The van der Waals surface area contributed by atoms with Gasteiger partial charge in [0.25, 0.3) is 11.5 Å². The van der Waals surface area contributed by atoms with Gasteiger partial charge in [0.05, 0.1) is 0 Å². The molecule has 1 aromatic heterocycles. The minimum absolute atomic E-state index is 0.0264. The van der Waals surface area contributed by atoms with Crippen LogP contribution in [0.1, 0.15) is 29.4 Å². The van der Waals surface area contributed by atoms with E-state index in [0.717, 1.165) is 26.1 Å². The Morgan fingerprint density at radius 1 is 1.03 bits per heavy atom. The average Bonchev–Trinajstić information content (AvgIpc) is 2.75. The lowest BCUT2D eigenvalue weighted by atomic mass is 10.2. The fourth-order valence-corrected chi connectivity index (χ4v) is 3.22. The summed E-state index contributed by atoms with van der Waals surface area (Å²) in [6, 6.07) is 12.8. The molecule has 2 heterocycles. The zero-order valence-electron chi connectivity index (χ0n) is 16.6. The molecule has 29 heavy (non-hydrogen) atoms. The number of carbonyl (C=O) groups excluding carboxylic acids is 2. The van der Waals surface area contributed by atoms with E-state index in [1.54, 1.807) is 4.90 Å². The molecular formula is C21H26N4O4. The first-order valence-corrected chi connectivity index (χ1v) is 9.86. The van der Waals surface area contributed by atoms with Crippen molar-refractivity contribution in [1.82, 2.24) is 19.6 Å². The van der Waals surface area contributed by atoms with Crippen molar-refractivity contribution in [2.75, 3.05) is 32.8 Å². The molecule has 0 N–H and O–H groups in total. The number of aromatic nitrogens is 2. The Bertz CT molecular complexity index is 889. The molecule has 0 unspecified atom stereocenters. The van der Waals surface area contributed by atoms with Gasteiger partial charge in [-0.05, 0) is 18.1 Å². The van der Waals surface area contributed by atoms with Gasteiger partial charge in [-0.1, -0.05) is 37.3 Å². The highest BCUT2D eigenvalue weighted by molar-refractivity contribution is 5.89. The van der Waals surface area contributed by atoms with Gasteiger partial charge < -0.3 is 9.64 Å². The van der Waals surface area contributed by atoms with E-state index in [1.807, 2.05) is 25.1 Å². The molecule has 8 nitrogen and oxygen atoms in total. The first kappa shape index (κ1) is 20.7. The van der Waals surface area contributed by atoms with Crippen LogP contribution in [0.25, 0.3) is 0 Å². The van der Waals surface area contributed by atoms with Gasteiger partial charge in [-0.25, -0.2) is 9.48 Å². The number of amides is 1. The highest BCUT2D eigenvalue weighted by atomic mass is 16.5. The highest BCUT2D eigenvalue weighted by Gasteiger charge is 2.22. The molecule has 2 aromatic rings. The molecule has 1 aromatic carbocycles. The molecule has 1 aliphatic rings. The number of ether oxygens (including phenoxy) is 1. The van der Waals surface area contributed by atoms with Gasteiger partial charge in [-0.15, -0.1) is 0 Å². The van der Waals surface area contributed by atoms with Gasteiger partial charge in [-0.3, -0.25) is 14.5 Å². The molecule has 8 heteroatoms. The van der Waals surface area contributed by atoms with Crippen molar-refractivity contribution in [3.8, 4) is 0 Å². The zero-order valence-corrected chi connectivity index (χ0v) is 16.6. The van der Waals surface area contributed by atoms with Crippen molar-refractivity contribution >= 4 is 11.9 Å². The van der Waals surface area contributed by atoms with Crippen molar-refractivity contribution in [1.29, 1.82) is 0 Å². The Labute approximate surface area is 169 Å². The molecule has 1 aliphatic heterocycles. The number of hydrogen-bond donors (Lipinski definition) is 0. The summed E-state index contributed by atoms with van der Waals surface area (Å²) in [6.45, 7) is 5.62. The lowest BCUT2D eigenvalue weighted by molar-refractivity contribution is -0.136. The molecule has 0 saturated carbocycles. The summed E-state index contributed by atoms with van der Waals surface area (Å²) in [4.78, 5) is 40.2. The van der Waals surface area contributed by atoms with Crippen molar-refractivity contribution in [3.05, 3.63) is 64.1 Å². The van der Waals surface area contributed by atoms with Gasteiger partial charge in [0.15, 0.2) is 12.3 Å². The smallest absolute Gasteiger partial charge is 0.359 e. The molecule has 0 spiro atoms. The molecule has 1 saturated heterocycles. The number of aryl methyl sites for hydroxylation is 1. The van der Waals surface area contributed by atoms with E-state index < -0.39 is 5.97 Å². The average molecular weight is 398 g/mol. The largest absolute Gasteiger partial charge is 0.451 e. The second-order valence-corrected chi connectivity index (χ2v) is 7.00. The number of esters is 1. The fourth-order valence-electron chi connectivity index (χ4n) is 3.22. The third-order valence-electron chi connectivity index (χ3n) is 4.81. The Morgan fingerprint density at radius 2 is 1.76 bits per heavy atom. The molecule has 1 amide bonds. The minimum atomic E-state index is -0.703. The van der Waals surface area contributed by atoms with Crippen molar-refractivity contribution in [3.63, 3.8) is 0 Å². The first-order chi connectivity index (χ1) is 14.1. The summed E-state index contributed by atoms with van der Waals surface area (Å²) >= 11 is 0. The molecule has 154 valence electrons. The number of carbonyl (C=O) groups is 2. The third-order valence-corrected chi connectivity index (χ3v) is 4.81. The number of nitrogens with zero attached hydrogens (tertiary/aromatic N) is 4. The van der Waals surface area contributed by atoms with Crippen LogP contribution in [0.3, 0.4) is 0 Å². The van der Waals surface area contributed by atoms with E-state index in [9.17, 15) is 14.4 Å². The second-order valence-electron chi connectivity index (χ2n) is 7.00. The fraction of sp³-hybridized carbons (Fsp3) is 0.429. The van der Waals surface area contributed by atoms with Gasteiger partial charge >= 0.3 is 5.97 Å². The Morgan fingerprint density at radius 3 is 2.45 bits per heavy atom. The Balaban J connectivity index is 1.46. The summed E-state index contributed by atoms with van der Waals surface area (Å²) in [5, 5.41) is 4.00. The van der Waals surface area contributed by atoms with Crippen LogP contribution in [0.4, 0.5) is 0 Å². The van der Waals surface area contributed by atoms with Crippen LogP contribution in [-0.2, 0) is 22.6 Å². The Hall–Kier alpha value is -3.00. The van der Waals surface area contributed by atoms with Crippen molar-refractivity contribution < 1.29 is 14.3 Å². The molecule has 0 bridgehead atoms. The van der Waals surface area contributed by atoms with Crippen LogP contribution < -0.4 is 5.56 Å². The van der Waals surface area contributed by atoms with E-state index in [1.165, 1.54) is 22.4 Å². The van der Waals surface area contributed by atoms with E-state index in [2.05, 4.69) is 22.1 Å². The van der Waals surface area contributed by atoms with E-state index in [-0.39, 0.29) is 23.8 Å². The maximum Gasteiger partial charge on any atom is 0.359 e. The van der Waals surface area contributed by atoms with Crippen molar-refractivity contribution in [2.45, 2.75) is 26.4 Å². The van der Waals surface area contributed by atoms with Crippen molar-refractivity contribution in [2.24, 2.45) is 0 Å². The van der Waals surface area contributed by atoms with Crippen LogP contribution in [-0.4, -0.2) is 64.2 Å². The predicted octanol–water partition coefficient (Wildman–Crippen LogP) is 1.15. The molecule has 3 rings (SSSR count). The lowest BCUT2D eigenvalue weighted by Gasteiger charge is -2.34. The SMILES string of the molecule is CCCn1nc(C(=O)OCC(=O)N2CCN(Cc3ccccc3)CC2)ccc1=O.